The molecule has 1 aromatic rings. The van der Waals surface area contributed by atoms with Crippen molar-refractivity contribution in [3.63, 3.8) is 0 Å². The third-order valence-corrected chi connectivity index (χ3v) is 2.55. The van der Waals surface area contributed by atoms with Gasteiger partial charge in [-0.2, -0.15) is 0 Å². The van der Waals surface area contributed by atoms with E-state index in [1.165, 1.54) is 17.1 Å². The van der Waals surface area contributed by atoms with Crippen molar-refractivity contribution in [1.82, 2.24) is 14.9 Å². The van der Waals surface area contributed by atoms with E-state index >= 15 is 0 Å². The summed E-state index contributed by atoms with van der Waals surface area (Å²) in [7, 11) is 0. The summed E-state index contributed by atoms with van der Waals surface area (Å²) in [6.45, 7) is 2.84. The van der Waals surface area contributed by atoms with E-state index in [0.29, 0.717) is 23.1 Å². The Morgan fingerprint density at radius 1 is 1.67 bits per heavy atom. The fourth-order valence-electron chi connectivity index (χ4n) is 1.09. The van der Waals surface area contributed by atoms with Gasteiger partial charge in [0.25, 0.3) is 5.56 Å². The minimum absolute atomic E-state index is 0.0525. The number of aromatic nitrogens is 2. The van der Waals surface area contributed by atoms with Gasteiger partial charge < -0.3 is 5.32 Å². The molecule has 1 rings (SSSR count). The first-order valence-corrected chi connectivity index (χ1v) is 5.69. The van der Waals surface area contributed by atoms with Crippen molar-refractivity contribution in [2.24, 2.45) is 0 Å². The molecule has 0 spiro atoms. The maximum Gasteiger partial charge on any atom is 0.266 e. The fourth-order valence-corrected chi connectivity index (χ4v) is 1.56. The lowest BCUT2D eigenvalue weighted by Gasteiger charge is -2.05. The third kappa shape index (κ3) is 3.61. The van der Waals surface area contributed by atoms with E-state index < -0.39 is 0 Å². The summed E-state index contributed by atoms with van der Waals surface area (Å²) >= 11 is 1.93. The standard InChI is InChI=1S/C9H12IN3O2/c1-2-12-8(14)3-4-13-6-11-5-7(10)9(13)15/h5-6H,2-4H2,1H3,(H,12,14). The Morgan fingerprint density at radius 3 is 3.07 bits per heavy atom. The van der Waals surface area contributed by atoms with Crippen molar-refractivity contribution in [1.29, 1.82) is 0 Å². The highest BCUT2D eigenvalue weighted by molar-refractivity contribution is 14.1. The van der Waals surface area contributed by atoms with Crippen LogP contribution in [-0.2, 0) is 11.3 Å². The monoisotopic (exact) mass is 321 g/mol. The lowest BCUT2D eigenvalue weighted by molar-refractivity contribution is -0.121. The molecule has 0 aliphatic carbocycles. The van der Waals surface area contributed by atoms with E-state index in [0.717, 1.165) is 0 Å². The van der Waals surface area contributed by atoms with Crippen LogP contribution in [0, 0.1) is 3.57 Å². The maximum absolute atomic E-state index is 11.5. The molecule has 0 saturated heterocycles. The number of hydrogen-bond donors (Lipinski definition) is 1. The van der Waals surface area contributed by atoms with Gasteiger partial charge in [-0.3, -0.25) is 14.2 Å². The molecule has 1 heterocycles. The van der Waals surface area contributed by atoms with Crippen molar-refractivity contribution < 1.29 is 4.79 Å². The van der Waals surface area contributed by atoms with Gasteiger partial charge in [0.15, 0.2) is 0 Å². The van der Waals surface area contributed by atoms with Gasteiger partial charge in [0.2, 0.25) is 5.91 Å². The molecule has 0 radical (unpaired) electrons. The molecule has 1 amide bonds. The van der Waals surface area contributed by atoms with Gasteiger partial charge in [0.05, 0.1) is 9.90 Å². The molecule has 6 heteroatoms. The summed E-state index contributed by atoms with van der Waals surface area (Å²) in [4.78, 5) is 26.6. The number of carbonyl (C=O) groups is 1. The van der Waals surface area contributed by atoms with Gasteiger partial charge in [-0.05, 0) is 29.5 Å². The maximum atomic E-state index is 11.5. The van der Waals surface area contributed by atoms with Crippen molar-refractivity contribution in [3.8, 4) is 0 Å². The van der Waals surface area contributed by atoms with Crippen LogP contribution in [0.1, 0.15) is 13.3 Å². The predicted octanol–water partition coefficient (Wildman–Crippen LogP) is 0.374. The molecule has 0 aliphatic heterocycles. The summed E-state index contributed by atoms with van der Waals surface area (Å²) in [5, 5.41) is 2.67. The molecule has 5 nitrogen and oxygen atoms in total. The highest BCUT2D eigenvalue weighted by Gasteiger charge is 2.03. The van der Waals surface area contributed by atoms with E-state index in [2.05, 4.69) is 10.3 Å². The molecule has 0 aliphatic rings. The number of hydrogen-bond acceptors (Lipinski definition) is 3. The molecule has 0 bridgehead atoms. The van der Waals surface area contributed by atoms with Crippen LogP contribution in [0.15, 0.2) is 17.3 Å². The number of aryl methyl sites for hydroxylation is 1. The second kappa shape index (κ2) is 5.84. The highest BCUT2D eigenvalue weighted by atomic mass is 127. The van der Waals surface area contributed by atoms with Crippen LogP contribution < -0.4 is 10.9 Å². The van der Waals surface area contributed by atoms with E-state index in [1.807, 2.05) is 29.5 Å². The zero-order valence-electron chi connectivity index (χ0n) is 8.36. The lowest BCUT2D eigenvalue weighted by Crippen LogP contribution is -2.28. The Kier molecular flexibility index (Phi) is 4.73. The van der Waals surface area contributed by atoms with Gasteiger partial charge >= 0.3 is 0 Å². The van der Waals surface area contributed by atoms with Gasteiger partial charge in [-0.15, -0.1) is 0 Å². The summed E-state index contributed by atoms with van der Waals surface area (Å²) in [5.74, 6) is -0.0525. The zero-order valence-corrected chi connectivity index (χ0v) is 10.5. The minimum Gasteiger partial charge on any atom is -0.356 e. The average Bonchev–Trinajstić information content (AvgIpc) is 2.21. The number of nitrogens with zero attached hydrogens (tertiary/aromatic N) is 2. The number of amides is 1. The molecule has 0 saturated carbocycles. The van der Waals surface area contributed by atoms with Gasteiger partial charge in [0.1, 0.15) is 0 Å². The molecule has 1 N–H and O–H groups in total. The number of rotatable bonds is 4. The smallest absolute Gasteiger partial charge is 0.266 e. The van der Waals surface area contributed by atoms with Crippen LogP contribution in [0.5, 0.6) is 0 Å². The first kappa shape index (κ1) is 12.2. The van der Waals surface area contributed by atoms with E-state index in [-0.39, 0.29) is 11.5 Å². The fraction of sp³-hybridized carbons (Fsp3) is 0.444. The Bertz CT molecular complexity index is 403. The van der Waals surface area contributed by atoms with Crippen molar-refractivity contribution >= 4 is 28.5 Å². The third-order valence-electron chi connectivity index (χ3n) is 1.81. The number of nitrogens with one attached hydrogen (secondary N) is 1. The quantitative estimate of drug-likeness (QED) is 0.815. The Balaban J connectivity index is 2.62. The minimum atomic E-state index is -0.102. The van der Waals surface area contributed by atoms with Crippen molar-refractivity contribution in [2.45, 2.75) is 19.9 Å². The van der Waals surface area contributed by atoms with E-state index in [9.17, 15) is 9.59 Å². The summed E-state index contributed by atoms with van der Waals surface area (Å²) in [6.07, 6.45) is 3.25. The van der Waals surface area contributed by atoms with Crippen LogP contribution in [0.4, 0.5) is 0 Å². The van der Waals surface area contributed by atoms with Crippen molar-refractivity contribution in [3.05, 3.63) is 26.4 Å². The summed E-state index contributed by atoms with van der Waals surface area (Å²) in [6, 6.07) is 0. The van der Waals surface area contributed by atoms with Crippen LogP contribution in [0.2, 0.25) is 0 Å². The molecule has 0 atom stereocenters. The molecular formula is C9H12IN3O2. The summed E-state index contributed by atoms with van der Waals surface area (Å²) in [5.41, 5.74) is -0.102. The number of carbonyl (C=O) groups excluding carboxylic acids is 1. The van der Waals surface area contributed by atoms with Crippen LogP contribution >= 0.6 is 22.6 Å². The Morgan fingerprint density at radius 2 is 2.40 bits per heavy atom. The van der Waals surface area contributed by atoms with Crippen LogP contribution in [0.25, 0.3) is 0 Å². The molecule has 0 unspecified atom stereocenters. The van der Waals surface area contributed by atoms with Crippen LogP contribution in [0.3, 0.4) is 0 Å². The lowest BCUT2D eigenvalue weighted by atomic mass is 10.4. The highest BCUT2D eigenvalue weighted by Crippen LogP contribution is 1.94. The van der Waals surface area contributed by atoms with Gasteiger partial charge in [-0.25, -0.2) is 4.98 Å². The zero-order chi connectivity index (χ0) is 11.3. The largest absolute Gasteiger partial charge is 0.356 e. The second-order valence-corrected chi connectivity index (χ2v) is 4.11. The molecular weight excluding hydrogens is 309 g/mol. The Hall–Kier alpha value is -0.920. The van der Waals surface area contributed by atoms with Gasteiger partial charge in [0, 0.05) is 25.7 Å². The topological polar surface area (TPSA) is 64.0 Å². The van der Waals surface area contributed by atoms with Crippen molar-refractivity contribution in [2.75, 3.05) is 6.54 Å². The molecule has 82 valence electrons. The molecule has 1 aromatic heterocycles. The number of halogens is 1. The van der Waals surface area contributed by atoms with E-state index in [4.69, 9.17) is 0 Å². The first-order valence-electron chi connectivity index (χ1n) is 4.61. The molecule has 0 aromatic carbocycles. The Labute approximate surface area is 101 Å². The van der Waals surface area contributed by atoms with Gasteiger partial charge in [-0.1, -0.05) is 0 Å². The summed E-state index contributed by atoms with van der Waals surface area (Å²) < 4.78 is 2.00. The molecule has 0 fully saturated rings. The average molecular weight is 321 g/mol. The van der Waals surface area contributed by atoms with Crippen LogP contribution in [-0.4, -0.2) is 22.0 Å². The van der Waals surface area contributed by atoms with E-state index in [1.54, 1.807) is 0 Å². The second-order valence-electron chi connectivity index (χ2n) is 2.94. The molecule has 15 heavy (non-hydrogen) atoms. The normalized spacial score (nSPS) is 10.0. The SMILES string of the molecule is CCNC(=O)CCn1cncc(I)c1=O. The first-order chi connectivity index (χ1) is 7.15. The predicted molar refractivity (Wildman–Crippen MR) is 64.5 cm³/mol.